The van der Waals surface area contributed by atoms with Crippen molar-refractivity contribution in [2.24, 2.45) is 0 Å². The van der Waals surface area contributed by atoms with Gasteiger partial charge in [0.15, 0.2) is 5.82 Å². The SMILES string of the molecule is Cc1nc(-c2ccccn2)n(CCc2ccccc2)c(=O)c1-c1cc(-c2ccccn2)c(C)s1. The lowest BCUT2D eigenvalue weighted by molar-refractivity contribution is 0.661. The van der Waals surface area contributed by atoms with Crippen LogP contribution in [-0.2, 0) is 13.0 Å². The van der Waals surface area contributed by atoms with E-state index in [1.165, 1.54) is 5.56 Å². The molecule has 0 saturated carbocycles. The van der Waals surface area contributed by atoms with Crippen LogP contribution in [0.25, 0.3) is 33.2 Å². The minimum Gasteiger partial charge on any atom is -0.290 e. The fourth-order valence-electron chi connectivity index (χ4n) is 4.11. The molecule has 0 radical (unpaired) electrons. The molecule has 5 nitrogen and oxygen atoms in total. The van der Waals surface area contributed by atoms with Gasteiger partial charge in [-0.15, -0.1) is 11.3 Å². The molecule has 34 heavy (non-hydrogen) atoms. The quantitative estimate of drug-likeness (QED) is 0.311. The van der Waals surface area contributed by atoms with Crippen molar-refractivity contribution in [3.63, 3.8) is 0 Å². The van der Waals surface area contributed by atoms with Crippen LogP contribution in [-0.4, -0.2) is 19.5 Å². The average Bonchev–Trinajstić information content (AvgIpc) is 3.26. The lowest BCUT2D eigenvalue weighted by Gasteiger charge is -2.15. The van der Waals surface area contributed by atoms with Gasteiger partial charge in [-0.2, -0.15) is 0 Å². The first-order valence-electron chi connectivity index (χ1n) is 11.2. The molecule has 0 N–H and O–H groups in total. The zero-order valence-corrected chi connectivity index (χ0v) is 19.9. The molecule has 0 aliphatic rings. The van der Waals surface area contributed by atoms with E-state index in [4.69, 9.17) is 4.98 Å². The molecule has 0 bridgehead atoms. The lowest BCUT2D eigenvalue weighted by Crippen LogP contribution is -2.27. The summed E-state index contributed by atoms with van der Waals surface area (Å²) in [6, 6.07) is 23.8. The molecule has 0 aliphatic carbocycles. The number of hydrogen-bond acceptors (Lipinski definition) is 5. The smallest absolute Gasteiger partial charge is 0.262 e. The Morgan fingerprint density at radius 1 is 0.853 bits per heavy atom. The first kappa shape index (κ1) is 21.9. The number of pyridine rings is 2. The molecule has 0 fully saturated rings. The normalized spacial score (nSPS) is 11.0. The highest BCUT2D eigenvalue weighted by atomic mass is 32.1. The van der Waals surface area contributed by atoms with Crippen molar-refractivity contribution in [1.82, 2.24) is 19.5 Å². The van der Waals surface area contributed by atoms with Crippen LogP contribution in [0, 0.1) is 13.8 Å². The number of aryl methyl sites for hydroxylation is 3. The summed E-state index contributed by atoms with van der Waals surface area (Å²) in [6.07, 6.45) is 4.25. The summed E-state index contributed by atoms with van der Waals surface area (Å²) in [7, 11) is 0. The van der Waals surface area contributed by atoms with Crippen molar-refractivity contribution in [1.29, 1.82) is 0 Å². The van der Waals surface area contributed by atoms with Crippen molar-refractivity contribution < 1.29 is 0 Å². The largest absolute Gasteiger partial charge is 0.290 e. The van der Waals surface area contributed by atoms with E-state index in [0.717, 1.165) is 27.4 Å². The second-order valence-electron chi connectivity index (χ2n) is 8.10. The summed E-state index contributed by atoms with van der Waals surface area (Å²) < 4.78 is 1.77. The zero-order chi connectivity index (χ0) is 23.5. The van der Waals surface area contributed by atoms with E-state index in [9.17, 15) is 4.79 Å². The van der Waals surface area contributed by atoms with Gasteiger partial charge < -0.3 is 0 Å². The monoisotopic (exact) mass is 464 g/mol. The summed E-state index contributed by atoms with van der Waals surface area (Å²) in [5.41, 5.74) is 5.12. The van der Waals surface area contributed by atoms with Crippen molar-refractivity contribution in [2.45, 2.75) is 26.8 Å². The van der Waals surface area contributed by atoms with Crippen molar-refractivity contribution in [3.8, 4) is 33.2 Å². The Hall–Kier alpha value is -3.90. The number of thiophene rings is 1. The second-order valence-corrected chi connectivity index (χ2v) is 9.36. The number of rotatable bonds is 6. The number of benzene rings is 1. The lowest BCUT2D eigenvalue weighted by atomic mass is 10.1. The van der Waals surface area contributed by atoms with Gasteiger partial charge in [-0.25, -0.2) is 4.98 Å². The van der Waals surface area contributed by atoms with Crippen LogP contribution in [0.3, 0.4) is 0 Å². The van der Waals surface area contributed by atoms with E-state index < -0.39 is 0 Å². The second kappa shape index (κ2) is 9.53. The zero-order valence-electron chi connectivity index (χ0n) is 19.1. The summed E-state index contributed by atoms with van der Waals surface area (Å²) in [5, 5.41) is 0. The topological polar surface area (TPSA) is 60.7 Å². The van der Waals surface area contributed by atoms with Crippen LogP contribution in [0.1, 0.15) is 16.1 Å². The first-order chi connectivity index (χ1) is 16.6. The van der Waals surface area contributed by atoms with Gasteiger partial charge in [0.05, 0.1) is 17.0 Å². The van der Waals surface area contributed by atoms with E-state index in [0.29, 0.717) is 29.3 Å². The minimum atomic E-state index is -0.0436. The fourth-order valence-corrected chi connectivity index (χ4v) is 5.23. The summed E-state index contributed by atoms with van der Waals surface area (Å²) in [6.45, 7) is 4.49. The van der Waals surface area contributed by atoms with Crippen LogP contribution < -0.4 is 5.56 Å². The molecule has 0 saturated heterocycles. The number of aromatic nitrogens is 4. The van der Waals surface area contributed by atoms with Crippen molar-refractivity contribution in [2.75, 3.05) is 0 Å². The number of nitrogens with zero attached hydrogens (tertiary/aromatic N) is 4. The number of hydrogen-bond donors (Lipinski definition) is 0. The van der Waals surface area contributed by atoms with E-state index in [1.807, 2.05) is 61.5 Å². The Labute approximate surface area is 202 Å². The van der Waals surface area contributed by atoms with Gasteiger partial charge in [-0.05, 0) is 56.2 Å². The molecule has 6 heteroatoms. The van der Waals surface area contributed by atoms with Crippen LogP contribution in [0.5, 0.6) is 0 Å². The Morgan fingerprint density at radius 3 is 2.21 bits per heavy atom. The molecule has 4 aromatic heterocycles. The van der Waals surface area contributed by atoms with Crippen molar-refractivity contribution in [3.05, 3.63) is 112 Å². The standard InChI is InChI=1S/C28H24N4OS/c1-19-26(25-18-22(20(2)34-25)23-12-6-8-15-29-23)28(33)32(17-14-21-10-4-3-5-11-21)27(31-19)24-13-7-9-16-30-24/h3-13,15-16,18H,14,17H2,1-2H3. The van der Waals surface area contributed by atoms with Gasteiger partial charge >= 0.3 is 0 Å². The highest BCUT2D eigenvalue weighted by Crippen LogP contribution is 2.36. The average molecular weight is 465 g/mol. The van der Waals surface area contributed by atoms with Gasteiger partial charge in [-0.1, -0.05) is 42.5 Å². The van der Waals surface area contributed by atoms with E-state index in [-0.39, 0.29) is 5.56 Å². The summed E-state index contributed by atoms with van der Waals surface area (Å²) in [5.74, 6) is 0.598. The van der Waals surface area contributed by atoms with Gasteiger partial charge in [0.2, 0.25) is 0 Å². The van der Waals surface area contributed by atoms with Gasteiger partial charge in [-0.3, -0.25) is 19.3 Å². The third-order valence-corrected chi connectivity index (χ3v) is 6.88. The molecular weight excluding hydrogens is 440 g/mol. The van der Waals surface area contributed by atoms with Crippen LogP contribution in [0.2, 0.25) is 0 Å². The maximum atomic E-state index is 13.9. The molecule has 5 rings (SSSR count). The Balaban J connectivity index is 1.64. The van der Waals surface area contributed by atoms with Gasteiger partial charge in [0.1, 0.15) is 5.69 Å². The predicted molar refractivity (Wildman–Crippen MR) is 138 cm³/mol. The molecule has 0 spiro atoms. The molecule has 1 aromatic carbocycles. The molecule has 168 valence electrons. The van der Waals surface area contributed by atoms with E-state index >= 15 is 0 Å². The summed E-state index contributed by atoms with van der Waals surface area (Å²) in [4.78, 5) is 29.9. The van der Waals surface area contributed by atoms with E-state index in [1.54, 1.807) is 28.3 Å². The highest BCUT2D eigenvalue weighted by Gasteiger charge is 2.20. The fraction of sp³-hybridized carbons (Fsp3) is 0.143. The third-order valence-electron chi connectivity index (χ3n) is 5.82. The molecule has 0 aliphatic heterocycles. The summed E-state index contributed by atoms with van der Waals surface area (Å²) >= 11 is 1.61. The Bertz CT molecular complexity index is 1480. The molecule has 0 unspecified atom stereocenters. The van der Waals surface area contributed by atoms with Gasteiger partial charge in [0.25, 0.3) is 5.56 Å². The molecule has 4 heterocycles. The first-order valence-corrected chi connectivity index (χ1v) is 12.0. The maximum absolute atomic E-state index is 13.9. The van der Waals surface area contributed by atoms with E-state index in [2.05, 4.69) is 35.1 Å². The van der Waals surface area contributed by atoms with Crippen LogP contribution >= 0.6 is 11.3 Å². The van der Waals surface area contributed by atoms with Crippen LogP contribution in [0.15, 0.2) is 90.0 Å². The van der Waals surface area contributed by atoms with Crippen LogP contribution in [0.4, 0.5) is 0 Å². The maximum Gasteiger partial charge on any atom is 0.262 e. The third kappa shape index (κ3) is 4.32. The minimum absolute atomic E-state index is 0.0436. The highest BCUT2D eigenvalue weighted by molar-refractivity contribution is 7.16. The Morgan fingerprint density at radius 2 is 1.53 bits per heavy atom. The Kier molecular flexibility index (Phi) is 6.14. The predicted octanol–water partition coefficient (Wildman–Crippen LogP) is 5.96. The van der Waals surface area contributed by atoms with Crippen molar-refractivity contribution >= 4 is 11.3 Å². The van der Waals surface area contributed by atoms with Gasteiger partial charge in [0, 0.05) is 34.3 Å². The molecular formula is C28H24N4OS. The molecule has 0 amide bonds. The molecule has 0 atom stereocenters. The molecule has 5 aromatic rings.